The van der Waals surface area contributed by atoms with Gasteiger partial charge in [-0.25, -0.2) is 0 Å². The standard InChI is InChI=1S/C23H32O2/c1-3-11-22-13-9-19-18-8-6-17(24)15-16(18)5-7-20(19)21(22)10-14-23(22,25)12-4-2/h12,15,18-21,25H,2-3,5-11,13-14H2,1H3/t18-,19+,20+,21-,22?,23-/m0/s1. The van der Waals surface area contributed by atoms with Crippen LogP contribution < -0.4 is 0 Å². The van der Waals surface area contributed by atoms with E-state index in [9.17, 15) is 9.90 Å². The molecule has 0 bridgehead atoms. The van der Waals surface area contributed by atoms with Crippen LogP contribution in [-0.2, 0) is 4.79 Å². The Bertz CT molecular complexity index is 640. The van der Waals surface area contributed by atoms with Crippen molar-refractivity contribution in [3.63, 3.8) is 0 Å². The Morgan fingerprint density at radius 2 is 2.08 bits per heavy atom. The molecule has 2 nitrogen and oxygen atoms in total. The Morgan fingerprint density at radius 3 is 2.84 bits per heavy atom. The van der Waals surface area contributed by atoms with E-state index in [-0.39, 0.29) is 5.41 Å². The fourth-order valence-electron chi connectivity index (χ4n) is 7.41. The number of fused-ring (bicyclic) bond motifs is 5. The molecule has 6 atom stereocenters. The summed E-state index contributed by atoms with van der Waals surface area (Å²) in [6.45, 7) is 6.01. The average molecular weight is 341 g/mol. The second-order valence-electron chi connectivity index (χ2n) is 9.06. The van der Waals surface area contributed by atoms with Crippen molar-refractivity contribution in [1.29, 1.82) is 0 Å². The molecule has 4 rings (SSSR count). The molecule has 136 valence electrons. The molecule has 0 aromatic carbocycles. The zero-order valence-corrected chi connectivity index (χ0v) is 15.6. The van der Waals surface area contributed by atoms with Crippen LogP contribution in [0.15, 0.2) is 30.0 Å². The number of carbonyl (C=O) groups is 1. The van der Waals surface area contributed by atoms with Gasteiger partial charge < -0.3 is 5.11 Å². The van der Waals surface area contributed by atoms with Gasteiger partial charge in [-0.05, 0) is 87.2 Å². The summed E-state index contributed by atoms with van der Waals surface area (Å²) in [5.41, 5.74) is 3.68. The largest absolute Gasteiger partial charge is 0.385 e. The highest BCUT2D eigenvalue weighted by Crippen LogP contribution is 2.66. The molecule has 0 spiro atoms. The summed E-state index contributed by atoms with van der Waals surface area (Å²) < 4.78 is 0. The minimum atomic E-state index is -0.709. The number of ketones is 1. The number of aliphatic hydroxyl groups is 1. The third kappa shape index (κ3) is 2.45. The smallest absolute Gasteiger partial charge is 0.155 e. The van der Waals surface area contributed by atoms with E-state index < -0.39 is 5.60 Å². The molecule has 0 aliphatic heterocycles. The first-order valence-corrected chi connectivity index (χ1v) is 10.4. The lowest BCUT2D eigenvalue weighted by Crippen LogP contribution is -2.53. The Balaban J connectivity index is 1.68. The van der Waals surface area contributed by atoms with Gasteiger partial charge in [0.1, 0.15) is 0 Å². The van der Waals surface area contributed by atoms with Gasteiger partial charge in [0.2, 0.25) is 0 Å². The predicted molar refractivity (Wildman–Crippen MR) is 100.0 cm³/mol. The topological polar surface area (TPSA) is 37.3 Å². The molecule has 4 aliphatic carbocycles. The summed E-state index contributed by atoms with van der Waals surface area (Å²) in [5.74, 6) is 3.06. The van der Waals surface area contributed by atoms with Crippen LogP contribution in [-0.4, -0.2) is 16.5 Å². The van der Waals surface area contributed by atoms with Crippen molar-refractivity contribution in [1.82, 2.24) is 0 Å². The lowest BCUT2D eigenvalue weighted by atomic mass is 9.49. The summed E-state index contributed by atoms with van der Waals surface area (Å²) >= 11 is 0. The van der Waals surface area contributed by atoms with Gasteiger partial charge in [0.25, 0.3) is 0 Å². The molecule has 0 aromatic rings. The molecule has 4 aliphatic rings. The number of carbonyl (C=O) groups excluding carboxylic acids is 1. The van der Waals surface area contributed by atoms with Crippen LogP contribution in [0.1, 0.15) is 71.1 Å². The van der Waals surface area contributed by atoms with Crippen molar-refractivity contribution in [3.8, 4) is 0 Å². The highest BCUT2D eigenvalue weighted by Gasteiger charge is 2.63. The van der Waals surface area contributed by atoms with Crippen molar-refractivity contribution in [2.24, 2.45) is 29.1 Å². The maximum absolute atomic E-state index is 11.8. The number of rotatable bonds is 3. The predicted octanol–water partition coefficient (Wildman–Crippen LogP) is 4.98. The zero-order valence-electron chi connectivity index (χ0n) is 15.6. The number of hydrogen-bond acceptors (Lipinski definition) is 2. The summed E-state index contributed by atoms with van der Waals surface area (Å²) in [5, 5.41) is 11.5. The van der Waals surface area contributed by atoms with Gasteiger partial charge >= 0.3 is 0 Å². The lowest BCUT2D eigenvalue weighted by Gasteiger charge is -2.56. The van der Waals surface area contributed by atoms with Gasteiger partial charge in [0.15, 0.2) is 5.78 Å². The summed E-state index contributed by atoms with van der Waals surface area (Å²) in [7, 11) is 0. The highest BCUT2D eigenvalue weighted by atomic mass is 16.3. The SMILES string of the molecule is C=C=C[C@]1(O)CC[C@H]2[C@@H]3CCC4=CC(=O)CC[C@@H]4[C@H]3CCC21CCC. The second-order valence-corrected chi connectivity index (χ2v) is 9.06. The first-order chi connectivity index (χ1) is 12.0. The Morgan fingerprint density at radius 1 is 1.24 bits per heavy atom. The van der Waals surface area contributed by atoms with Crippen molar-refractivity contribution in [2.75, 3.05) is 0 Å². The van der Waals surface area contributed by atoms with Crippen LogP contribution in [0.3, 0.4) is 0 Å². The molecule has 1 unspecified atom stereocenters. The fraction of sp³-hybridized carbons (Fsp3) is 0.739. The van der Waals surface area contributed by atoms with E-state index in [0.29, 0.717) is 17.6 Å². The van der Waals surface area contributed by atoms with E-state index in [0.717, 1.165) is 63.2 Å². The maximum Gasteiger partial charge on any atom is 0.155 e. The quantitative estimate of drug-likeness (QED) is 0.736. The third-order valence-electron chi connectivity index (χ3n) is 8.24. The minimum absolute atomic E-state index is 0.0271. The van der Waals surface area contributed by atoms with Crippen LogP contribution in [0.4, 0.5) is 0 Å². The van der Waals surface area contributed by atoms with Crippen molar-refractivity contribution < 1.29 is 9.90 Å². The fourth-order valence-corrected chi connectivity index (χ4v) is 7.41. The van der Waals surface area contributed by atoms with Crippen LogP contribution in [0.2, 0.25) is 0 Å². The van der Waals surface area contributed by atoms with Crippen molar-refractivity contribution in [2.45, 2.75) is 76.7 Å². The molecule has 0 saturated heterocycles. The van der Waals surface area contributed by atoms with Gasteiger partial charge in [-0.3, -0.25) is 4.79 Å². The number of hydrogen-bond donors (Lipinski definition) is 1. The van der Waals surface area contributed by atoms with Crippen molar-refractivity contribution >= 4 is 5.78 Å². The lowest BCUT2D eigenvalue weighted by molar-refractivity contribution is -0.118. The normalized spacial score (nSPS) is 45.7. The Labute approximate surface area is 152 Å². The van der Waals surface area contributed by atoms with Crippen LogP contribution in [0, 0.1) is 29.1 Å². The van der Waals surface area contributed by atoms with Gasteiger partial charge in [0, 0.05) is 11.8 Å². The molecule has 0 heterocycles. The molecular formula is C23H32O2. The Hall–Kier alpha value is -1.11. The summed E-state index contributed by atoms with van der Waals surface area (Å²) in [6, 6.07) is 0. The third-order valence-corrected chi connectivity index (χ3v) is 8.24. The van der Waals surface area contributed by atoms with E-state index in [1.54, 1.807) is 0 Å². The molecule has 3 fully saturated rings. The van der Waals surface area contributed by atoms with E-state index in [4.69, 9.17) is 0 Å². The van der Waals surface area contributed by atoms with Crippen LogP contribution in [0.5, 0.6) is 0 Å². The first-order valence-electron chi connectivity index (χ1n) is 10.4. The maximum atomic E-state index is 11.8. The highest BCUT2D eigenvalue weighted by molar-refractivity contribution is 5.91. The second kappa shape index (κ2) is 6.25. The van der Waals surface area contributed by atoms with Gasteiger partial charge in [-0.1, -0.05) is 25.5 Å². The molecular weight excluding hydrogens is 308 g/mol. The molecule has 2 heteroatoms. The van der Waals surface area contributed by atoms with Gasteiger partial charge in [-0.2, -0.15) is 0 Å². The van der Waals surface area contributed by atoms with E-state index in [1.807, 2.05) is 12.2 Å². The zero-order chi connectivity index (χ0) is 17.7. The average Bonchev–Trinajstić information content (AvgIpc) is 2.88. The molecule has 0 aromatic heterocycles. The molecule has 25 heavy (non-hydrogen) atoms. The van der Waals surface area contributed by atoms with E-state index in [2.05, 4.69) is 19.2 Å². The monoisotopic (exact) mass is 340 g/mol. The first kappa shape index (κ1) is 17.3. The summed E-state index contributed by atoms with van der Waals surface area (Å²) in [4.78, 5) is 11.8. The summed E-state index contributed by atoms with van der Waals surface area (Å²) in [6.07, 6.45) is 14.6. The van der Waals surface area contributed by atoms with Crippen LogP contribution >= 0.6 is 0 Å². The van der Waals surface area contributed by atoms with Gasteiger partial charge in [-0.15, -0.1) is 5.73 Å². The molecule has 0 amide bonds. The molecule has 1 N–H and O–H groups in total. The van der Waals surface area contributed by atoms with Gasteiger partial charge in [0.05, 0.1) is 5.60 Å². The molecule has 0 radical (unpaired) electrons. The van der Waals surface area contributed by atoms with Crippen molar-refractivity contribution in [3.05, 3.63) is 30.0 Å². The molecule has 3 saturated carbocycles. The minimum Gasteiger partial charge on any atom is -0.385 e. The van der Waals surface area contributed by atoms with E-state index in [1.165, 1.54) is 18.4 Å². The van der Waals surface area contributed by atoms with Crippen LogP contribution in [0.25, 0.3) is 0 Å². The Kier molecular flexibility index (Phi) is 4.33. The number of allylic oxidation sites excluding steroid dienone is 1. The van der Waals surface area contributed by atoms with E-state index >= 15 is 0 Å².